The number of carbonyl (C=O) groups is 1. The summed E-state index contributed by atoms with van der Waals surface area (Å²) < 4.78 is 31.9. The summed E-state index contributed by atoms with van der Waals surface area (Å²) in [7, 11) is 0. The Morgan fingerprint density at radius 1 is 1.14 bits per heavy atom. The third-order valence-corrected chi connectivity index (χ3v) is 3.52. The van der Waals surface area contributed by atoms with Gasteiger partial charge in [-0.15, -0.1) is 0 Å². The first-order chi connectivity index (χ1) is 10.1. The lowest BCUT2D eigenvalue weighted by atomic mass is 9.97. The van der Waals surface area contributed by atoms with Crippen LogP contribution in [0.2, 0.25) is 0 Å². The summed E-state index contributed by atoms with van der Waals surface area (Å²) >= 11 is 0. The van der Waals surface area contributed by atoms with Gasteiger partial charge < -0.3 is 4.74 Å². The molecule has 0 bridgehead atoms. The topological polar surface area (TPSA) is 26.3 Å². The van der Waals surface area contributed by atoms with Crippen molar-refractivity contribution in [3.05, 3.63) is 64.7 Å². The van der Waals surface area contributed by atoms with Crippen LogP contribution in [-0.4, -0.2) is 12.4 Å². The standard InChI is InChI=1S/C17H14F2O2/c18-13-7-11(8-14(19)10-13)9-16(20)15-5-1-3-12-4-2-6-21-17(12)15/h1,3,5,7-8,10H,2,4,6,9H2. The van der Waals surface area contributed by atoms with Gasteiger partial charge in [0.25, 0.3) is 0 Å². The van der Waals surface area contributed by atoms with Gasteiger partial charge in [0.2, 0.25) is 0 Å². The fourth-order valence-corrected chi connectivity index (χ4v) is 2.60. The first kappa shape index (κ1) is 13.7. The molecule has 0 saturated carbocycles. The van der Waals surface area contributed by atoms with Gasteiger partial charge in [0, 0.05) is 12.5 Å². The lowest BCUT2D eigenvalue weighted by Gasteiger charge is -2.19. The van der Waals surface area contributed by atoms with Crippen LogP contribution in [0.3, 0.4) is 0 Å². The third-order valence-electron chi connectivity index (χ3n) is 3.52. The highest BCUT2D eigenvalue weighted by molar-refractivity contribution is 6.00. The summed E-state index contributed by atoms with van der Waals surface area (Å²) in [5, 5.41) is 0. The Morgan fingerprint density at radius 3 is 2.67 bits per heavy atom. The fraction of sp³-hybridized carbons (Fsp3) is 0.235. The number of benzene rings is 2. The predicted octanol–water partition coefficient (Wildman–Crippen LogP) is 3.72. The van der Waals surface area contributed by atoms with E-state index in [9.17, 15) is 13.6 Å². The molecule has 2 aromatic rings. The van der Waals surface area contributed by atoms with Crippen LogP contribution in [0, 0.1) is 11.6 Å². The van der Waals surface area contributed by atoms with Crippen LogP contribution < -0.4 is 4.74 Å². The van der Waals surface area contributed by atoms with Crippen molar-refractivity contribution in [2.45, 2.75) is 19.3 Å². The molecule has 0 saturated heterocycles. The molecule has 0 fully saturated rings. The van der Waals surface area contributed by atoms with E-state index in [1.807, 2.05) is 12.1 Å². The second-order valence-corrected chi connectivity index (χ2v) is 5.12. The van der Waals surface area contributed by atoms with E-state index in [-0.39, 0.29) is 12.2 Å². The van der Waals surface area contributed by atoms with E-state index in [0.717, 1.165) is 24.5 Å². The number of carbonyl (C=O) groups excluding carboxylic acids is 1. The van der Waals surface area contributed by atoms with Crippen LogP contribution in [0.5, 0.6) is 5.75 Å². The summed E-state index contributed by atoms with van der Waals surface area (Å²) in [6.45, 7) is 0.589. The molecule has 1 aliphatic rings. The molecular weight excluding hydrogens is 274 g/mol. The van der Waals surface area contributed by atoms with Crippen LogP contribution in [-0.2, 0) is 12.8 Å². The van der Waals surface area contributed by atoms with Crippen molar-refractivity contribution in [1.82, 2.24) is 0 Å². The third kappa shape index (κ3) is 2.94. The fourth-order valence-electron chi connectivity index (χ4n) is 2.60. The second-order valence-electron chi connectivity index (χ2n) is 5.12. The quantitative estimate of drug-likeness (QED) is 0.805. The molecule has 2 nitrogen and oxygen atoms in total. The van der Waals surface area contributed by atoms with E-state index in [0.29, 0.717) is 23.5 Å². The highest BCUT2D eigenvalue weighted by Gasteiger charge is 2.19. The lowest BCUT2D eigenvalue weighted by molar-refractivity contribution is 0.0988. The summed E-state index contributed by atoms with van der Waals surface area (Å²) in [4.78, 5) is 12.4. The summed E-state index contributed by atoms with van der Waals surface area (Å²) in [6.07, 6.45) is 1.76. The maximum atomic E-state index is 13.2. The maximum Gasteiger partial charge on any atom is 0.170 e. The Kier molecular flexibility index (Phi) is 3.69. The number of aryl methyl sites for hydroxylation is 1. The molecule has 0 N–H and O–H groups in total. The first-order valence-corrected chi connectivity index (χ1v) is 6.86. The molecule has 21 heavy (non-hydrogen) atoms. The minimum absolute atomic E-state index is 0.0471. The monoisotopic (exact) mass is 288 g/mol. The van der Waals surface area contributed by atoms with Gasteiger partial charge in [-0.05, 0) is 42.2 Å². The Morgan fingerprint density at radius 2 is 1.90 bits per heavy atom. The van der Waals surface area contributed by atoms with Crippen molar-refractivity contribution in [2.24, 2.45) is 0 Å². The molecule has 0 atom stereocenters. The number of halogens is 2. The zero-order valence-corrected chi connectivity index (χ0v) is 11.4. The summed E-state index contributed by atoms with van der Waals surface area (Å²) in [5.41, 5.74) is 1.82. The minimum Gasteiger partial charge on any atom is -0.493 e. The van der Waals surface area contributed by atoms with Crippen molar-refractivity contribution in [2.75, 3.05) is 6.61 Å². The normalized spacial score (nSPS) is 13.4. The molecule has 3 rings (SSSR count). The average Bonchev–Trinajstić information content (AvgIpc) is 2.45. The number of hydrogen-bond donors (Lipinski definition) is 0. The molecule has 1 heterocycles. The second kappa shape index (κ2) is 5.64. The molecule has 0 radical (unpaired) electrons. The van der Waals surface area contributed by atoms with E-state index in [2.05, 4.69) is 0 Å². The van der Waals surface area contributed by atoms with Crippen LogP contribution in [0.25, 0.3) is 0 Å². The molecule has 1 aliphatic heterocycles. The van der Waals surface area contributed by atoms with Gasteiger partial charge in [0.05, 0.1) is 12.2 Å². The number of Topliss-reactive ketones (excluding diaryl/α,β-unsaturated/α-hetero) is 1. The van der Waals surface area contributed by atoms with Crippen LogP contribution >= 0.6 is 0 Å². The number of para-hydroxylation sites is 1. The number of hydrogen-bond acceptors (Lipinski definition) is 2. The molecule has 0 aliphatic carbocycles. The number of ether oxygens (including phenoxy) is 1. The van der Waals surface area contributed by atoms with Gasteiger partial charge in [-0.3, -0.25) is 4.79 Å². The van der Waals surface area contributed by atoms with Gasteiger partial charge in [0.15, 0.2) is 5.78 Å². The van der Waals surface area contributed by atoms with Gasteiger partial charge in [-0.25, -0.2) is 8.78 Å². The van der Waals surface area contributed by atoms with E-state index in [4.69, 9.17) is 4.74 Å². The number of ketones is 1. The Labute approximate surface area is 121 Å². The lowest BCUT2D eigenvalue weighted by Crippen LogP contribution is -2.14. The minimum atomic E-state index is -0.677. The zero-order chi connectivity index (χ0) is 14.8. The summed E-state index contributed by atoms with van der Waals surface area (Å²) in [5.74, 6) is -0.933. The summed E-state index contributed by atoms with van der Waals surface area (Å²) in [6, 6.07) is 8.60. The van der Waals surface area contributed by atoms with Crippen LogP contribution in [0.15, 0.2) is 36.4 Å². The maximum absolute atomic E-state index is 13.2. The van der Waals surface area contributed by atoms with Crippen LogP contribution in [0.1, 0.15) is 27.9 Å². The van der Waals surface area contributed by atoms with E-state index in [1.54, 1.807) is 6.07 Å². The highest BCUT2D eigenvalue weighted by atomic mass is 19.1. The van der Waals surface area contributed by atoms with Gasteiger partial charge in [-0.1, -0.05) is 12.1 Å². The predicted molar refractivity (Wildman–Crippen MR) is 74.7 cm³/mol. The van der Waals surface area contributed by atoms with Crippen molar-refractivity contribution in [3.63, 3.8) is 0 Å². The Hall–Kier alpha value is -2.23. The molecule has 0 aromatic heterocycles. The molecule has 2 aromatic carbocycles. The van der Waals surface area contributed by atoms with Gasteiger partial charge >= 0.3 is 0 Å². The highest BCUT2D eigenvalue weighted by Crippen LogP contribution is 2.29. The molecule has 0 unspecified atom stereocenters. The molecule has 4 heteroatoms. The van der Waals surface area contributed by atoms with Crippen LogP contribution in [0.4, 0.5) is 8.78 Å². The SMILES string of the molecule is O=C(Cc1cc(F)cc(F)c1)c1cccc2c1OCCC2. The van der Waals surface area contributed by atoms with Crippen molar-refractivity contribution >= 4 is 5.78 Å². The largest absolute Gasteiger partial charge is 0.493 e. The smallest absolute Gasteiger partial charge is 0.170 e. The van der Waals surface area contributed by atoms with Crippen molar-refractivity contribution in [1.29, 1.82) is 0 Å². The van der Waals surface area contributed by atoms with Gasteiger partial charge in [-0.2, -0.15) is 0 Å². The zero-order valence-electron chi connectivity index (χ0n) is 11.4. The van der Waals surface area contributed by atoms with Crippen molar-refractivity contribution < 1.29 is 18.3 Å². The van der Waals surface area contributed by atoms with Gasteiger partial charge in [0.1, 0.15) is 17.4 Å². The van der Waals surface area contributed by atoms with E-state index < -0.39 is 11.6 Å². The Balaban J connectivity index is 1.89. The molecule has 108 valence electrons. The number of fused-ring (bicyclic) bond motifs is 1. The molecule has 0 spiro atoms. The molecule has 0 amide bonds. The van der Waals surface area contributed by atoms with E-state index >= 15 is 0 Å². The van der Waals surface area contributed by atoms with Crippen molar-refractivity contribution in [3.8, 4) is 5.75 Å². The average molecular weight is 288 g/mol. The first-order valence-electron chi connectivity index (χ1n) is 6.86. The number of rotatable bonds is 3. The van der Waals surface area contributed by atoms with E-state index in [1.165, 1.54) is 12.1 Å². The molecular formula is C17H14F2O2. The Bertz CT molecular complexity index is 675.